The van der Waals surface area contributed by atoms with Crippen molar-refractivity contribution in [1.29, 1.82) is 0 Å². The number of hydrogen-bond acceptors (Lipinski definition) is 3. The van der Waals surface area contributed by atoms with Crippen LogP contribution in [-0.2, 0) is 10.0 Å². The lowest BCUT2D eigenvalue weighted by Crippen LogP contribution is -2.17. The van der Waals surface area contributed by atoms with Crippen LogP contribution in [0.15, 0.2) is 12.1 Å². The van der Waals surface area contributed by atoms with E-state index in [0.717, 1.165) is 12.1 Å². The van der Waals surface area contributed by atoms with Gasteiger partial charge in [0, 0.05) is 5.88 Å². The minimum atomic E-state index is -3.64. The predicted molar refractivity (Wildman–Crippen MR) is 71.2 cm³/mol. The molecule has 10 heteroatoms. The maximum atomic E-state index is 12.1. The third-order valence-electron chi connectivity index (χ3n) is 1.82. The van der Waals surface area contributed by atoms with Gasteiger partial charge >= 0.3 is 6.61 Å². The fraction of sp³-hybridized carbons (Fsp3) is 0.333. The number of ether oxygens (including phenoxy) is 1. The van der Waals surface area contributed by atoms with Gasteiger partial charge in [0.1, 0.15) is 0 Å². The average molecular weight is 355 g/mol. The SMILES string of the molecule is O=S(=O)(CCCl)Nc1cc(Cl)c(OC(F)F)c(Cl)c1. The highest BCUT2D eigenvalue weighted by molar-refractivity contribution is 7.92. The van der Waals surface area contributed by atoms with Crippen LogP contribution in [0.4, 0.5) is 14.5 Å². The first-order chi connectivity index (χ1) is 8.75. The molecule has 0 radical (unpaired) electrons. The molecule has 0 aliphatic rings. The Bertz CT molecular complexity index is 531. The third-order valence-corrected chi connectivity index (χ3v) is 4.09. The van der Waals surface area contributed by atoms with E-state index in [4.69, 9.17) is 34.8 Å². The predicted octanol–water partition coefficient (Wildman–Crippen LogP) is 3.58. The van der Waals surface area contributed by atoms with Crippen molar-refractivity contribution in [2.45, 2.75) is 6.61 Å². The Balaban J connectivity index is 3.01. The van der Waals surface area contributed by atoms with Gasteiger partial charge in [-0.1, -0.05) is 23.2 Å². The zero-order valence-corrected chi connectivity index (χ0v) is 12.3. The van der Waals surface area contributed by atoms with Crippen LogP contribution in [0.5, 0.6) is 5.75 Å². The number of anilines is 1. The van der Waals surface area contributed by atoms with Crippen molar-refractivity contribution in [3.8, 4) is 5.75 Å². The lowest BCUT2D eigenvalue weighted by Gasteiger charge is -2.12. The molecule has 1 N–H and O–H groups in total. The van der Waals surface area contributed by atoms with Gasteiger partial charge in [-0.3, -0.25) is 4.72 Å². The van der Waals surface area contributed by atoms with Crippen LogP contribution in [-0.4, -0.2) is 26.7 Å². The van der Waals surface area contributed by atoms with E-state index in [0.29, 0.717) is 0 Å². The van der Waals surface area contributed by atoms with Gasteiger partial charge in [-0.25, -0.2) is 8.42 Å². The Kier molecular flexibility index (Phi) is 5.91. The fourth-order valence-electron chi connectivity index (χ4n) is 1.15. The second kappa shape index (κ2) is 6.78. The van der Waals surface area contributed by atoms with E-state index in [-0.39, 0.29) is 27.4 Å². The van der Waals surface area contributed by atoms with Crippen LogP contribution in [0.2, 0.25) is 10.0 Å². The quantitative estimate of drug-likeness (QED) is 0.795. The smallest absolute Gasteiger partial charge is 0.387 e. The highest BCUT2D eigenvalue weighted by Crippen LogP contribution is 2.37. The third kappa shape index (κ3) is 5.18. The second-order valence-electron chi connectivity index (χ2n) is 3.26. The first kappa shape index (κ1) is 16.6. The number of alkyl halides is 3. The number of hydrogen-bond donors (Lipinski definition) is 1. The minimum Gasteiger partial charge on any atom is -0.432 e. The zero-order valence-electron chi connectivity index (χ0n) is 9.17. The Morgan fingerprint density at radius 2 is 1.79 bits per heavy atom. The lowest BCUT2D eigenvalue weighted by atomic mass is 10.3. The van der Waals surface area contributed by atoms with Crippen molar-refractivity contribution in [3.63, 3.8) is 0 Å². The van der Waals surface area contributed by atoms with Gasteiger partial charge in [0.2, 0.25) is 10.0 Å². The average Bonchev–Trinajstić information content (AvgIpc) is 2.22. The summed E-state index contributed by atoms with van der Waals surface area (Å²) in [5.74, 6) is -0.818. The van der Waals surface area contributed by atoms with Gasteiger partial charge < -0.3 is 4.74 Å². The number of benzene rings is 1. The summed E-state index contributed by atoms with van der Waals surface area (Å²) in [6, 6.07) is 2.22. The van der Waals surface area contributed by atoms with Crippen molar-refractivity contribution in [2.24, 2.45) is 0 Å². The van der Waals surface area contributed by atoms with Crippen molar-refractivity contribution in [3.05, 3.63) is 22.2 Å². The standard InChI is InChI=1S/C9H8Cl3F2NO3S/c10-1-2-19(16,17)15-5-3-6(11)8(7(12)4-5)18-9(13)14/h3-4,9,15H,1-2H2. The molecule has 0 spiro atoms. The highest BCUT2D eigenvalue weighted by Gasteiger charge is 2.16. The Labute approximate surface area is 123 Å². The number of sulfonamides is 1. The second-order valence-corrected chi connectivity index (χ2v) is 6.29. The highest BCUT2D eigenvalue weighted by atomic mass is 35.5. The molecule has 1 rings (SSSR count). The summed E-state index contributed by atoms with van der Waals surface area (Å²) in [5.41, 5.74) is 0.0294. The van der Waals surface area contributed by atoms with Gasteiger partial charge in [-0.05, 0) is 12.1 Å². The molecule has 0 unspecified atom stereocenters. The van der Waals surface area contributed by atoms with Gasteiger partial charge in [0.15, 0.2) is 5.75 Å². The molecular formula is C9H8Cl3F2NO3S. The van der Waals surface area contributed by atoms with E-state index >= 15 is 0 Å². The molecule has 0 aliphatic heterocycles. The minimum absolute atomic E-state index is 0.0294. The van der Waals surface area contributed by atoms with Crippen LogP contribution in [0.1, 0.15) is 0 Å². The first-order valence-electron chi connectivity index (χ1n) is 4.75. The summed E-state index contributed by atoms with van der Waals surface area (Å²) in [4.78, 5) is 0. The maximum absolute atomic E-state index is 12.1. The molecule has 1 aromatic rings. The Hall–Kier alpha value is -0.500. The van der Waals surface area contributed by atoms with Crippen LogP contribution >= 0.6 is 34.8 Å². The molecule has 0 aromatic heterocycles. The fourth-order valence-corrected chi connectivity index (χ4v) is 3.12. The summed E-state index contributed by atoms with van der Waals surface area (Å²) in [6.07, 6.45) is 0. The van der Waals surface area contributed by atoms with Crippen LogP contribution in [0.3, 0.4) is 0 Å². The van der Waals surface area contributed by atoms with Crippen LogP contribution < -0.4 is 9.46 Å². The maximum Gasteiger partial charge on any atom is 0.387 e. The summed E-state index contributed by atoms with van der Waals surface area (Å²) in [6.45, 7) is -3.09. The molecule has 0 bridgehead atoms. The largest absolute Gasteiger partial charge is 0.432 e. The molecule has 1 aromatic carbocycles. The molecule has 0 amide bonds. The van der Waals surface area contributed by atoms with Gasteiger partial charge in [-0.15, -0.1) is 11.6 Å². The molecule has 0 heterocycles. The van der Waals surface area contributed by atoms with E-state index in [1.165, 1.54) is 0 Å². The topological polar surface area (TPSA) is 55.4 Å². The molecule has 108 valence electrons. The number of rotatable bonds is 6. The monoisotopic (exact) mass is 353 g/mol. The molecule has 0 aliphatic carbocycles. The molecule has 0 atom stereocenters. The Morgan fingerprint density at radius 3 is 2.21 bits per heavy atom. The lowest BCUT2D eigenvalue weighted by molar-refractivity contribution is -0.0497. The molecule has 0 saturated carbocycles. The van der Waals surface area contributed by atoms with Gasteiger partial charge in [-0.2, -0.15) is 8.78 Å². The van der Waals surface area contributed by atoms with Crippen molar-refractivity contribution < 1.29 is 21.9 Å². The molecule has 4 nitrogen and oxygen atoms in total. The van der Waals surface area contributed by atoms with Crippen molar-refractivity contribution >= 4 is 50.5 Å². The summed E-state index contributed by atoms with van der Waals surface area (Å²) in [7, 11) is -3.64. The van der Waals surface area contributed by atoms with Crippen molar-refractivity contribution in [2.75, 3.05) is 16.4 Å². The van der Waals surface area contributed by atoms with Gasteiger partial charge in [0.25, 0.3) is 0 Å². The normalized spacial score (nSPS) is 11.7. The van der Waals surface area contributed by atoms with E-state index in [1.807, 2.05) is 0 Å². The first-order valence-corrected chi connectivity index (χ1v) is 7.70. The number of halogens is 5. The van der Waals surface area contributed by atoms with E-state index in [1.54, 1.807) is 0 Å². The molecule has 0 saturated heterocycles. The van der Waals surface area contributed by atoms with E-state index in [9.17, 15) is 17.2 Å². The molecule has 19 heavy (non-hydrogen) atoms. The van der Waals surface area contributed by atoms with E-state index in [2.05, 4.69) is 9.46 Å². The van der Waals surface area contributed by atoms with E-state index < -0.39 is 22.4 Å². The Morgan fingerprint density at radius 1 is 1.26 bits per heavy atom. The van der Waals surface area contributed by atoms with Crippen molar-refractivity contribution in [1.82, 2.24) is 0 Å². The van der Waals surface area contributed by atoms with Crippen LogP contribution in [0, 0.1) is 0 Å². The molecular weight excluding hydrogens is 347 g/mol. The number of nitrogens with one attached hydrogen (secondary N) is 1. The summed E-state index contributed by atoms with van der Waals surface area (Å²) in [5, 5.41) is -0.479. The van der Waals surface area contributed by atoms with Gasteiger partial charge in [0.05, 0.1) is 21.5 Å². The zero-order chi connectivity index (χ0) is 14.6. The van der Waals surface area contributed by atoms with Crippen LogP contribution in [0.25, 0.3) is 0 Å². The summed E-state index contributed by atoms with van der Waals surface area (Å²) < 4.78 is 53.3. The summed E-state index contributed by atoms with van der Waals surface area (Å²) >= 11 is 16.7. The molecule has 0 fully saturated rings.